The van der Waals surface area contributed by atoms with Gasteiger partial charge >= 0.3 is 5.97 Å². The molecule has 0 saturated heterocycles. The minimum atomic E-state index is -0.704. The highest BCUT2D eigenvalue weighted by molar-refractivity contribution is 5.67. The summed E-state index contributed by atoms with van der Waals surface area (Å²) in [7, 11) is 0. The second-order valence-corrected chi connectivity index (χ2v) is 4.60. The van der Waals surface area contributed by atoms with Crippen molar-refractivity contribution in [2.24, 2.45) is 0 Å². The lowest BCUT2D eigenvalue weighted by molar-refractivity contribution is -0.136. The number of carboxylic acids is 1. The molecule has 0 unspecified atom stereocenters. The molecule has 1 aromatic rings. The number of hydrogen-bond donors (Lipinski definition) is 1. The van der Waals surface area contributed by atoms with Crippen LogP contribution in [0.15, 0.2) is 12.1 Å². The summed E-state index contributed by atoms with van der Waals surface area (Å²) >= 11 is 0. The van der Waals surface area contributed by atoms with Gasteiger partial charge in [0, 0.05) is 6.42 Å². The number of fused-ring (bicyclic) bond motifs is 1. The van der Waals surface area contributed by atoms with E-state index < -0.39 is 5.97 Å². The molecule has 1 aromatic carbocycles. The third kappa shape index (κ3) is 2.26. The number of aliphatic carboxylic acids is 1. The van der Waals surface area contributed by atoms with Gasteiger partial charge < -0.3 is 5.11 Å². The predicted octanol–water partition coefficient (Wildman–Crippen LogP) is 2.89. The van der Waals surface area contributed by atoms with Gasteiger partial charge in [0.05, 0.1) is 0 Å². The standard InChI is InChI=1S/C14H18O2/c1-10-6-7-11(8-9-14(15)16)13-5-3-2-4-12(10)13/h6-7H,2-5,8-9H2,1H3,(H,15,16). The van der Waals surface area contributed by atoms with Crippen molar-refractivity contribution >= 4 is 5.97 Å². The van der Waals surface area contributed by atoms with Crippen LogP contribution >= 0.6 is 0 Å². The fraction of sp³-hybridized carbons (Fsp3) is 0.500. The maximum Gasteiger partial charge on any atom is 0.303 e. The first-order valence-electron chi connectivity index (χ1n) is 6.00. The van der Waals surface area contributed by atoms with Gasteiger partial charge in [0.15, 0.2) is 0 Å². The Balaban J connectivity index is 2.28. The fourth-order valence-corrected chi connectivity index (χ4v) is 2.60. The first-order valence-corrected chi connectivity index (χ1v) is 6.00. The van der Waals surface area contributed by atoms with E-state index in [0.717, 1.165) is 6.42 Å². The molecule has 0 saturated carbocycles. The molecule has 0 atom stereocenters. The van der Waals surface area contributed by atoms with Gasteiger partial charge in [-0.3, -0.25) is 4.79 Å². The van der Waals surface area contributed by atoms with Gasteiger partial charge in [0.1, 0.15) is 0 Å². The summed E-state index contributed by atoms with van der Waals surface area (Å²) in [5.74, 6) is -0.704. The van der Waals surface area contributed by atoms with E-state index in [2.05, 4.69) is 19.1 Å². The number of hydrogen-bond acceptors (Lipinski definition) is 1. The van der Waals surface area contributed by atoms with Crippen LogP contribution in [0, 0.1) is 6.92 Å². The maximum absolute atomic E-state index is 10.6. The van der Waals surface area contributed by atoms with Gasteiger partial charge in [-0.25, -0.2) is 0 Å². The molecule has 86 valence electrons. The molecule has 0 aromatic heterocycles. The molecule has 1 aliphatic rings. The van der Waals surface area contributed by atoms with Crippen LogP contribution in [-0.4, -0.2) is 11.1 Å². The summed E-state index contributed by atoms with van der Waals surface area (Å²) < 4.78 is 0. The Morgan fingerprint density at radius 3 is 2.62 bits per heavy atom. The molecular weight excluding hydrogens is 200 g/mol. The molecule has 0 amide bonds. The minimum absolute atomic E-state index is 0.246. The number of rotatable bonds is 3. The van der Waals surface area contributed by atoms with Gasteiger partial charge in [-0.05, 0) is 61.3 Å². The van der Waals surface area contributed by atoms with Gasteiger partial charge in [-0.15, -0.1) is 0 Å². The predicted molar refractivity (Wildman–Crippen MR) is 63.8 cm³/mol. The fourth-order valence-electron chi connectivity index (χ4n) is 2.60. The average Bonchev–Trinajstić information content (AvgIpc) is 2.28. The van der Waals surface area contributed by atoms with Crippen LogP contribution in [0.3, 0.4) is 0 Å². The van der Waals surface area contributed by atoms with Crippen molar-refractivity contribution in [2.45, 2.75) is 45.4 Å². The van der Waals surface area contributed by atoms with Crippen LogP contribution in [0.2, 0.25) is 0 Å². The summed E-state index contributed by atoms with van der Waals surface area (Å²) in [5, 5.41) is 8.73. The summed E-state index contributed by atoms with van der Waals surface area (Å²) in [6.45, 7) is 2.16. The van der Waals surface area contributed by atoms with E-state index in [9.17, 15) is 4.79 Å². The zero-order valence-electron chi connectivity index (χ0n) is 9.75. The Kier molecular flexibility index (Phi) is 3.28. The molecule has 1 aliphatic carbocycles. The molecule has 0 bridgehead atoms. The van der Waals surface area contributed by atoms with E-state index in [1.54, 1.807) is 0 Å². The Morgan fingerprint density at radius 2 is 1.94 bits per heavy atom. The lowest BCUT2D eigenvalue weighted by Gasteiger charge is -2.21. The monoisotopic (exact) mass is 218 g/mol. The Bertz CT molecular complexity index is 407. The summed E-state index contributed by atoms with van der Waals surface area (Å²) in [6.07, 6.45) is 5.74. The van der Waals surface area contributed by atoms with E-state index in [1.807, 2.05) is 0 Å². The van der Waals surface area contributed by atoms with Crippen molar-refractivity contribution in [3.63, 3.8) is 0 Å². The normalized spacial score (nSPS) is 14.6. The largest absolute Gasteiger partial charge is 0.481 e. The molecular formula is C14H18O2. The zero-order chi connectivity index (χ0) is 11.5. The maximum atomic E-state index is 10.6. The van der Waals surface area contributed by atoms with Crippen molar-refractivity contribution in [1.29, 1.82) is 0 Å². The molecule has 0 aliphatic heterocycles. The lowest BCUT2D eigenvalue weighted by Crippen LogP contribution is -2.09. The van der Waals surface area contributed by atoms with E-state index in [4.69, 9.17) is 5.11 Å². The van der Waals surface area contributed by atoms with Gasteiger partial charge in [0.2, 0.25) is 0 Å². The third-order valence-corrected chi connectivity index (χ3v) is 3.47. The van der Waals surface area contributed by atoms with Crippen LogP contribution in [0.5, 0.6) is 0 Å². The molecule has 0 spiro atoms. The average molecular weight is 218 g/mol. The highest BCUT2D eigenvalue weighted by Gasteiger charge is 2.15. The van der Waals surface area contributed by atoms with Gasteiger partial charge in [-0.1, -0.05) is 12.1 Å². The van der Waals surface area contributed by atoms with Crippen LogP contribution < -0.4 is 0 Å². The van der Waals surface area contributed by atoms with E-state index in [-0.39, 0.29) is 6.42 Å². The molecule has 0 fully saturated rings. The molecule has 1 N–H and O–H groups in total. The zero-order valence-corrected chi connectivity index (χ0v) is 9.75. The first kappa shape index (κ1) is 11.2. The Hall–Kier alpha value is -1.31. The van der Waals surface area contributed by atoms with Crippen LogP contribution in [0.1, 0.15) is 41.5 Å². The molecule has 0 heterocycles. The molecule has 16 heavy (non-hydrogen) atoms. The van der Waals surface area contributed by atoms with E-state index >= 15 is 0 Å². The summed E-state index contributed by atoms with van der Waals surface area (Å²) in [4.78, 5) is 10.6. The summed E-state index contributed by atoms with van der Waals surface area (Å²) in [6, 6.07) is 4.25. The van der Waals surface area contributed by atoms with Crippen LogP contribution in [0.4, 0.5) is 0 Å². The second kappa shape index (κ2) is 4.69. The van der Waals surface area contributed by atoms with Gasteiger partial charge in [0.25, 0.3) is 0 Å². The van der Waals surface area contributed by atoms with Crippen molar-refractivity contribution < 1.29 is 9.90 Å². The number of carbonyl (C=O) groups is 1. The minimum Gasteiger partial charge on any atom is -0.481 e. The highest BCUT2D eigenvalue weighted by Crippen LogP contribution is 2.28. The lowest BCUT2D eigenvalue weighted by atomic mass is 9.84. The smallest absolute Gasteiger partial charge is 0.303 e. The Labute approximate surface area is 96.3 Å². The van der Waals surface area contributed by atoms with Gasteiger partial charge in [-0.2, -0.15) is 0 Å². The van der Waals surface area contributed by atoms with Crippen molar-refractivity contribution in [3.8, 4) is 0 Å². The van der Waals surface area contributed by atoms with Crippen molar-refractivity contribution in [3.05, 3.63) is 34.4 Å². The van der Waals surface area contributed by atoms with Crippen molar-refractivity contribution in [2.75, 3.05) is 0 Å². The quantitative estimate of drug-likeness (QED) is 0.847. The third-order valence-electron chi connectivity index (χ3n) is 3.47. The highest BCUT2D eigenvalue weighted by atomic mass is 16.4. The van der Waals surface area contributed by atoms with E-state index in [0.29, 0.717) is 6.42 Å². The number of aryl methyl sites for hydroxylation is 2. The van der Waals surface area contributed by atoms with Crippen LogP contribution in [0.25, 0.3) is 0 Å². The van der Waals surface area contributed by atoms with E-state index in [1.165, 1.54) is 41.5 Å². The Morgan fingerprint density at radius 1 is 1.25 bits per heavy atom. The molecule has 0 radical (unpaired) electrons. The SMILES string of the molecule is Cc1ccc(CCC(=O)O)c2c1CCCC2. The molecule has 2 nitrogen and oxygen atoms in total. The molecule has 2 rings (SSSR count). The molecule has 2 heteroatoms. The summed E-state index contributed by atoms with van der Waals surface area (Å²) in [5.41, 5.74) is 5.54. The first-order chi connectivity index (χ1) is 7.68. The topological polar surface area (TPSA) is 37.3 Å². The van der Waals surface area contributed by atoms with Crippen molar-refractivity contribution in [1.82, 2.24) is 0 Å². The van der Waals surface area contributed by atoms with Crippen LogP contribution in [-0.2, 0) is 24.1 Å². The second-order valence-electron chi connectivity index (χ2n) is 4.60. The number of benzene rings is 1. The number of carboxylic acid groups (broad SMARTS) is 1.